The van der Waals surface area contributed by atoms with E-state index < -0.39 is 0 Å². The lowest BCUT2D eigenvalue weighted by molar-refractivity contribution is -0.870. The van der Waals surface area contributed by atoms with Crippen LogP contribution in [0.1, 0.15) is 0 Å². The largest absolute Gasteiger partial charge is 1.00 e. The number of rotatable bonds is 6. The van der Waals surface area contributed by atoms with Gasteiger partial charge in [0.15, 0.2) is 0 Å². The van der Waals surface area contributed by atoms with Crippen molar-refractivity contribution < 1.29 is 36.3 Å². The zero-order chi connectivity index (χ0) is 13.2. The smallest absolute Gasteiger partial charge is 0.102 e. The summed E-state index contributed by atoms with van der Waals surface area (Å²) in [6.45, 7) is 3.86. The number of likely N-dealkylation sites (N-methyl/N-ethyl adjacent to an activating group) is 2. The normalized spacial score (nSPS) is 10.7. The molecule has 0 atom stereocenters. The van der Waals surface area contributed by atoms with Gasteiger partial charge < -0.3 is 36.3 Å². The molecule has 0 aliphatic rings. The average molecular weight is 289 g/mol. The van der Waals surface area contributed by atoms with Crippen molar-refractivity contribution in [2.75, 3.05) is 82.8 Å². The molecule has 0 saturated carbocycles. The fraction of sp³-hybridized carbons (Fsp3) is 1.00. The van der Waals surface area contributed by atoms with Gasteiger partial charge in [0.25, 0.3) is 0 Å². The molecule has 0 unspecified atom stereocenters. The molecule has 0 bridgehead atoms. The second-order valence-corrected chi connectivity index (χ2v) is 6.01. The van der Waals surface area contributed by atoms with Crippen LogP contribution in [0.5, 0.6) is 0 Å². The predicted molar refractivity (Wildman–Crippen MR) is 71.5 cm³/mol. The number of nitrogens with zero attached hydrogens (tertiary/aromatic N) is 2. The van der Waals surface area contributed by atoms with E-state index in [1.165, 1.54) is 0 Å². The van der Waals surface area contributed by atoms with E-state index in [0.717, 1.165) is 35.3 Å². The summed E-state index contributed by atoms with van der Waals surface area (Å²) >= 11 is 0. The number of hydrogen-bond donors (Lipinski definition) is 0. The molecule has 0 aromatic heterocycles. The Morgan fingerprint density at radius 2 is 0.889 bits per heavy atom. The molecule has 0 radical (unpaired) electrons. The van der Waals surface area contributed by atoms with Crippen LogP contribution < -0.4 is 12.4 Å². The molecule has 0 heterocycles. The Hall–Kier alpha value is 0.0900. The maximum absolute atomic E-state index is 4.90. The van der Waals surface area contributed by atoms with Crippen LogP contribution >= 0.6 is 0 Å². The summed E-state index contributed by atoms with van der Waals surface area (Å²) < 4.78 is 11.8. The van der Waals surface area contributed by atoms with Crippen LogP contribution in [0.3, 0.4) is 0 Å². The number of methoxy groups -OCH3 is 2. The van der Waals surface area contributed by atoms with Gasteiger partial charge in [-0.3, -0.25) is 0 Å². The first kappa shape index (κ1) is 26.6. The molecule has 6 heteroatoms. The highest BCUT2D eigenvalue weighted by atomic mass is 35.5. The SMILES string of the molecule is COCC[N+](C)(C)C.COCC[N+](C)(C)C.[Cl-].[OH-]. The predicted octanol–water partition coefficient (Wildman–Crippen LogP) is -2.49. The van der Waals surface area contributed by atoms with Crippen LogP contribution in [-0.4, -0.2) is 97.3 Å². The van der Waals surface area contributed by atoms with Crippen molar-refractivity contribution in [1.82, 2.24) is 0 Å². The van der Waals surface area contributed by atoms with Gasteiger partial charge in [-0.25, -0.2) is 0 Å². The van der Waals surface area contributed by atoms with Gasteiger partial charge in [-0.1, -0.05) is 0 Å². The van der Waals surface area contributed by atoms with Crippen LogP contribution in [0.2, 0.25) is 0 Å². The summed E-state index contributed by atoms with van der Waals surface area (Å²) in [7, 11) is 16.4. The van der Waals surface area contributed by atoms with E-state index in [0.29, 0.717) is 0 Å². The van der Waals surface area contributed by atoms with Crippen LogP contribution in [-0.2, 0) is 9.47 Å². The Morgan fingerprint density at radius 3 is 0.944 bits per heavy atom. The molecule has 0 fully saturated rings. The number of halogens is 1. The van der Waals surface area contributed by atoms with Gasteiger partial charge in [0.2, 0.25) is 0 Å². The van der Waals surface area contributed by atoms with Crippen molar-refractivity contribution in [3.8, 4) is 0 Å². The lowest BCUT2D eigenvalue weighted by Crippen LogP contribution is -3.00. The zero-order valence-electron chi connectivity index (χ0n) is 13.4. The first-order valence-corrected chi connectivity index (χ1v) is 5.71. The monoisotopic (exact) mass is 288 g/mol. The first-order chi connectivity index (χ1) is 7.12. The van der Waals surface area contributed by atoms with Gasteiger partial charge in [-0.15, -0.1) is 0 Å². The summed E-state index contributed by atoms with van der Waals surface area (Å²) in [5, 5.41) is 0. The number of quaternary nitrogens is 2. The van der Waals surface area contributed by atoms with Gasteiger partial charge in [0, 0.05) is 14.2 Å². The lowest BCUT2D eigenvalue weighted by Gasteiger charge is -2.22. The Morgan fingerprint density at radius 1 is 0.667 bits per heavy atom. The Labute approximate surface area is 120 Å². The van der Waals surface area contributed by atoms with Gasteiger partial charge in [0.1, 0.15) is 13.1 Å². The molecule has 0 aliphatic heterocycles. The highest BCUT2D eigenvalue weighted by Gasteiger charge is 2.04. The van der Waals surface area contributed by atoms with Gasteiger partial charge >= 0.3 is 0 Å². The van der Waals surface area contributed by atoms with Crippen molar-refractivity contribution >= 4 is 0 Å². The molecule has 18 heavy (non-hydrogen) atoms. The molecule has 5 nitrogen and oxygen atoms in total. The third-order valence-corrected chi connectivity index (χ3v) is 1.93. The summed E-state index contributed by atoms with van der Waals surface area (Å²) in [6, 6.07) is 0. The van der Waals surface area contributed by atoms with Crippen LogP contribution in [0.15, 0.2) is 0 Å². The fourth-order valence-corrected chi connectivity index (χ4v) is 0.730. The molecule has 0 saturated heterocycles. The van der Waals surface area contributed by atoms with Gasteiger partial charge in [-0.2, -0.15) is 0 Å². The molecule has 0 spiro atoms. The zero-order valence-corrected chi connectivity index (χ0v) is 14.1. The number of hydrogen-bond acceptors (Lipinski definition) is 3. The molecule has 0 aromatic carbocycles. The van der Waals surface area contributed by atoms with Crippen LogP contribution in [0.25, 0.3) is 0 Å². The van der Waals surface area contributed by atoms with E-state index in [-0.39, 0.29) is 17.9 Å². The molecule has 0 aliphatic carbocycles. The fourth-order valence-electron chi connectivity index (χ4n) is 0.730. The topological polar surface area (TPSA) is 48.5 Å². The van der Waals surface area contributed by atoms with E-state index in [2.05, 4.69) is 42.3 Å². The molecule has 0 rings (SSSR count). The summed E-state index contributed by atoms with van der Waals surface area (Å²) in [5.41, 5.74) is 0. The maximum Gasteiger partial charge on any atom is 0.102 e. The van der Waals surface area contributed by atoms with E-state index in [9.17, 15) is 0 Å². The van der Waals surface area contributed by atoms with E-state index in [1.807, 2.05) is 0 Å². The van der Waals surface area contributed by atoms with Crippen LogP contribution in [0, 0.1) is 0 Å². The van der Waals surface area contributed by atoms with Gasteiger partial charge in [0.05, 0.1) is 55.5 Å². The van der Waals surface area contributed by atoms with E-state index in [4.69, 9.17) is 9.47 Å². The Kier molecular flexibility index (Phi) is 20.0. The summed E-state index contributed by atoms with van der Waals surface area (Å²) in [4.78, 5) is 0. The highest BCUT2D eigenvalue weighted by molar-refractivity contribution is 4.23. The van der Waals surface area contributed by atoms with Crippen molar-refractivity contribution in [3.05, 3.63) is 0 Å². The van der Waals surface area contributed by atoms with Crippen molar-refractivity contribution in [1.29, 1.82) is 0 Å². The Bertz CT molecular complexity index is 138. The maximum atomic E-state index is 4.90. The number of ether oxygens (including phenoxy) is 2. The van der Waals surface area contributed by atoms with Crippen LogP contribution in [0.4, 0.5) is 0 Å². The second kappa shape index (κ2) is 13.5. The summed E-state index contributed by atoms with van der Waals surface area (Å²) in [5.74, 6) is 0. The highest BCUT2D eigenvalue weighted by Crippen LogP contribution is 1.87. The molecular formula is C12H33ClN2O3. The molecule has 0 amide bonds. The molecule has 0 aromatic rings. The second-order valence-electron chi connectivity index (χ2n) is 6.01. The third kappa shape index (κ3) is 36.0. The van der Waals surface area contributed by atoms with Crippen molar-refractivity contribution in [2.24, 2.45) is 0 Å². The molecular weight excluding hydrogens is 256 g/mol. The summed E-state index contributed by atoms with van der Waals surface area (Å²) in [6.07, 6.45) is 0. The van der Waals surface area contributed by atoms with Gasteiger partial charge in [-0.05, 0) is 0 Å². The third-order valence-electron chi connectivity index (χ3n) is 1.93. The minimum atomic E-state index is 0. The van der Waals surface area contributed by atoms with E-state index >= 15 is 0 Å². The lowest BCUT2D eigenvalue weighted by atomic mass is 10.5. The van der Waals surface area contributed by atoms with Crippen molar-refractivity contribution in [3.63, 3.8) is 0 Å². The standard InChI is InChI=1S/2C6H16NO.ClH.H2O/c2*1-7(2,3)5-6-8-4;;/h2*5-6H2,1-4H3;1H;1H2/q2*+1;;/p-2. The minimum Gasteiger partial charge on any atom is -1.00 e. The van der Waals surface area contributed by atoms with Crippen molar-refractivity contribution in [2.45, 2.75) is 0 Å². The molecule has 116 valence electrons. The first-order valence-electron chi connectivity index (χ1n) is 5.71. The minimum absolute atomic E-state index is 0. The quantitative estimate of drug-likeness (QED) is 0.508. The Balaban J connectivity index is -0.0000000980. The molecule has 1 N–H and O–H groups in total. The average Bonchev–Trinajstić information content (AvgIpc) is 2.10. The van der Waals surface area contributed by atoms with E-state index in [1.54, 1.807) is 14.2 Å².